The number of oxazole rings is 1. The van der Waals surface area contributed by atoms with Gasteiger partial charge in [0.15, 0.2) is 6.39 Å². The second-order valence-electron chi connectivity index (χ2n) is 8.96. The average molecular weight is 480 g/mol. The lowest BCUT2D eigenvalue weighted by Crippen LogP contribution is -2.28. The zero-order valence-electron chi connectivity index (χ0n) is 19.6. The molecule has 0 aliphatic carbocycles. The monoisotopic (exact) mass is 479 g/mol. The summed E-state index contributed by atoms with van der Waals surface area (Å²) >= 11 is 0. The Morgan fingerprint density at radius 1 is 1.18 bits per heavy atom. The first kappa shape index (κ1) is 22.7. The van der Waals surface area contributed by atoms with Crippen LogP contribution in [0.15, 0.2) is 70.6 Å². The van der Waals surface area contributed by atoms with Crippen LogP contribution >= 0.6 is 0 Å². The summed E-state index contributed by atoms with van der Waals surface area (Å²) in [5.74, 6) is 0.817. The van der Waals surface area contributed by atoms with Gasteiger partial charge in [-0.2, -0.15) is 4.31 Å². The Hall–Kier alpha value is -3.10. The van der Waals surface area contributed by atoms with Crippen molar-refractivity contribution in [3.8, 4) is 17.0 Å². The minimum Gasteiger partial charge on any atom is -0.491 e. The van der Waals surface area contributed by atoms with Gasteiger partial charge in [0, 0.05) is 48.2 Å². The largest absolute Gasteiger partial charge is 0.491 e. The molecule has 7 nitrogen and oxygen atoms in total. The highest BCUT2D eigenvalue weighted by Gasteiger charge is 2.34. The molecule has 0 radical (unpaired) electrons. The molecule has 34 heavy (non-hydrogen) atoms. The summed E-state index contributed by atoms with van der Waals surface area (Å²) in [6, 6.07) is 13.0. The Bertz CT molecular complexity index is 1390. The second kappa shape index (κ2) is 8.92. The van der Waals surface area contributed by atoms with Crippen LogP contribution in [-0.2, 0) is 16.6 Å². The third-order valence-electron chi connectivity index (χ3n) is 6.41. The van der Waals surface area contributed by atoms with Crippen LogP contribution in [0.5, 0.6) is 5.75 Å². The van der Waals surface area contributed by atoms with Crippen molar-refractivity contribution in [3.63, 3.8) is 0 Å². The Morgan fingerprint density at radius 2 is 1.97 bits per heavy atom. The van der Waals surface area contributed by atoms with Gasteiger partial charge in [-0.3, -0.25) is 0 Å². The van der Waals surface area contributed by atoms with Gasteiger partial charge < -0.3 is 13.7 Å². The highest BCUT2D eigenvalue weighted by Crippen LogP contribution is 2.37. The molecule has 1 aliphatic heterocycles. The molecule has 178 valence electrons. The van der Waals surface area contributed by atoms with Crippen molar-refractivity contribution in [2.75, 3.05) is 13.1 Å². The van der Waals surface area contributed by atoms with Gasteiger partial charge in [-0.15, -0.1) is 0 Å². The van der Waals surface area contributed by atoms with E-state index in [0.29, 0.717) is 23.7 Å². The molecule has 0 saturated carbocycles. The topological polar surface area (TPSA) is 77.6 Å². The van der Waals surface area contributed by atoms with Crippen LogP contribution in [-0.4, -0.2) is 41.5 Å². The molecule has 1 saturated heterocycles. The molecule has 4 aromatic rings. The van der Waals surface area contributed by atoms with E-state index in [0.717, 1.165) is 35.1 Å². The highest BCUT2D eigenvalue weighted by molar-refractivity contribution is 7.89. The quantitative estimate of drug-likeness (QED) is 0.360. The van der Waals surface area contributed by atoms with Crippen molar-refractivity contribution in [2.45, 2.75) is 50.7 Å². The van der Waals surface area contributed by atoms with Gasteiger partial charge in [0.25, 0.3) is 0 Å². The number of aromatic nitrogens is 2. The van der Waals surface area contributed by atoms with Gasteiger partial charge in [0.1, 0.15) is 17.7 Å². The van der Waals surface area contributed by atoms with E-state index in [4.69, 9.17) is 9.15 Å². The van der Waals surface area contributed by atoms with Gasteiger partial charge in [-0.05, 0) is 63.1 Å². The first-order chi connectivity index (χ1) is 16.4. The van der Waals surface area contributed by atoms with E-state index in [-0.39, 0.29) is 12.0 Å². The molecule has 2 aromatic heterocycles. The summed E-state index contributed by atoms with van der Waals surface area (Å²) in [6.45, 7) is 7.81. The Balaban J connectivity index is 1.40. The number of aryl methyl sites for hydroxylation is 1. The van der Waals surface area contributed by atoms with Crippen LogP contribution in [0.25, 0.3) is 22.2 Å². The van der Waals surface area contributed by atoms with Crippen LogP contribution in [0.2, 0.25) is 0 Å². The zero-order chi connectivity index (χ0) is 23.9. The van der Waals surface area contributed by atoms with E-state index in [1.807, 2.05) is 19.9 Å². The Labute approximate surface area is 200 Å². The lowest BCUT2D eigenvalue weighted by Gasteiger charge is -2.17. The summed E-state index contributed by atoms with van der Waals surface area (Å²) in [5, 5.41) is 1.16. The number of rotatable bonds is 7. The number of hydrogen-bond donors (Lipinski definition) is 0. The van der Waals surface area contributed by atoms with Crippen LogP contribution in [0, 0.1) is 0 Å². The molecule has 1 atom stereocenters. The van der Waals surface area contributed by atoms with Crippen molar-refractivity contribution < 1.29 is 17.6 Å². The first-order valence-electron chi connectivity index (χ1n) is 11.6. The maximum absolute atomic E-state index is 13.3. The molecule has 5 rings (SSSR count). The molecule has 3 heterocycles. The number of fused-ring (bicyclic) bond motifs is 1. The fourth-order valence-corrected chi connectivity index (χ4v) is 6.23. The summed E-state index contributed by atoms with van der Waals surface area (Å²) in [6.07, 6.45) is 6.08. The van der Waals surface area contributed by atoms with E-state index >= 15 is 0 Å². The summed E-state index contributed by atoms with van der Waals surface area (Å²) in [4.78, 5) is 4.56. The van der Waals surface area contributed by atoms with E-state index in [1.54, 1.807) is 34.8 Å². The molecular weight excluding hydrogens is 450 g/mol. The number of sulfonamides is 1. The molecule has 0 bridgehead atoms. The Morgan fingerprint density at radius 3 is 2.65 bits per heavy atom. The zero-order valence-corrected chi connectivity index (χ0v) is 20.5. The van der Waals surface area contributed by atoms with Gasteiger partial charge in [0.05, 0.1) is 11.0 Å². The van der Waals surface area contributed by atoms with Crippen LogP contribution in [0.1, 0.15) is 38.7 Å². The molecule has 1 fully saturated rings. The predicted octanol–water partition coefficient (Wildman–Crippen LogP) is 5.28. The number of benzene rings is 2. The molecular formula is C26H29N3O4S. The van der Waals surface area contributed by atoms with Crippen molar-refractivity contribution in [1.29, 1.82) is 0 Å². The van der Waals surface area contributed by atoms with Gasteiger partial charge in [-0.25, -0.2) is 13.4 Å². The minimum absolute atomic E-state index is 0.0408. The Kier molecular flexibility index (Phi) is 5.95. The van der Waals surface area contributed by atoms with Crippen LogP contribution in [0.3, 0.4) is 0 Å². The average Bonchev–Trinajstić information content (AvgIpc) is 3.58. The molecule has 8 heteroatoms. The summed E-state index contributed by atoms with van der Waals surface area (Å²) in [7, 11) is -3.56. The summed E-state index contributed by atoms with van der Waals surface area (Å²) in [5.41, 5.74) is 4.12. The van der Waals surface area contributed by atoms with Gasteiger partial charge in [-0.1, -0.05) is 12.1 Å². The predicted molar refractivity (Wildman–Crippen MR) is 131 cm³/mol. The maximum Gasteiger partial charge on any atom is 0.243 e. The third-order valence-corrected chi connectivity index (χ3v) is 8.29. The lowest BCUT2D eigenvalue weighted by atomic mass is 9.97. The highest BCUT2D eigenvalue weighted by atomic mass is 32.2. The van der Waals surface area contributed by atoms with E-state index in [1.165, 1.54) is 12.0 Å². The van der Waals surface area contributed by atoms with E-state index < -0.39 is 10.0 Å². The summed E-state index contributed by atoms with van der Waals surface area (Å²) < 4.78 is 41.2. The van der Waals surface area contributed by atoms with Crippen molar-refractivity contribution in [1.82, 2.24) is 13.9 Å². The second-order valence-corrected chi connectivity index (χ2v) is 10.9. The molecule has 0 N–H and O–H groups in total. The number of nitrogens with zero attached hydrogens (tertiary/aromatic N) is 3. The van der Waals surface area contributed by atoms with E-state index in [2.05, 4.69) is 34.8 Å². The standard InChI is InChI=1S/C26H29N3O4S/c1-4-28-15-24(23-10-5-19(13-26(23)28)25-16-32-17-27-25)20-11-12-29(14-20)34(30,31)22-8-6-21(7-9-22)33-18(2)3/h5-10,13,15-18,20H,4,11-12,14H2,1-3H3. The van der Waals surface area contributed by atoms with Crippen molar-refractivity contribution >= 4 is 20.9 Å². The number of ether oxygens (including phenoxy) is 1. The van der Waals surface area contributed by atoms with Gasteiger partial charge in [0.2, 0.25) is 10.0 Å². The molecule has 1 aliphatic rings. The maximum atomic E-state index is 13.3. The first-order valence-corrected chi connectivity index (χ1v) is 13.1. The fraction of sp³-hybridized carbons (Fsp3) is 0.346. The number of hydrogen-bond acceptors (Lipinski definition) is 5. The van der Waals surface area contributed by atoms with Crippen molar-refractivity contribution in [2.24, 2.45) is 0 Å². The lowest BCUT2D eigenvalue weighted by molar-refractivity contribution is 0.242. The van der Waals surface area contributed by atoms with E-state index in [9.17, 15) is 8.42 Å². The normalized spacial score (nSPS) is 17.1. The minimum atomic E-state index is -3.56. The molecule has 1 unspecified atom stereocenters. The van der Waals surface area contributed by atoms with Crippen LogP contribution in [0.4, 0.5) is 0 Å². The van der Waals surface area contributed by atoms with Crippen LogP contribution < -0.4 is 4.74 Å². The van der Waals surface area contributed by atoms with Crippen molar-refractivity contribution in [3.05, 3.63) is 66.9 Å². The molecule has 0 spiro atoms. The third kappa shape index (κ3) is 4.12. The van der Waals surface area contributed by atoms with Gasteiger partial charge >= 0.3 is 0 Å². The molecule has 0 amide bonds. The fourth-order valence-electron chi connectivity index (χ4n) is 4.73. The smallest absolute Gasteiger partial charge is 0.243 e. The molecule has 2 aromatic carbocycles. The SMILES string of the molecule is CCn1cc(C2CCN(S(=O)(=O)c3ccc(OC(C)C)cc3)C2)c2ccc(-c3cocn3)cc21.